The molecule has 0 bridgehead atoms. The Morgan fingerprint density at radius 3 is 2.38 bits per heavy atom. The lowest BCUT2D eigenvalue weighted by atomic mass is 10.2. The molecule has 0 radical (unpaired) electrons. The Labute approximate surface area is 124 Å². The van der Waals surface area contributed by atoms with Crippen LogP contribution in [0.4, 0.5) is 8.78 Å². The van der Waals surface area contributed by atoms with E-state index < -0.39 is 26.6 Å². The first-order chi connectivity index (χ1) is 9.91. The van der Waals surface area contributed by atoms with Crippen molar-refractivity contribution in [2.45, 2.75) is 44.2 Å². The number of hydrogen-bond donors (Lipinski definition) is 1. The zero-order chi connectivity index (χ0) is 15.6. The average molecular weight is 318 g/mol. The summed E-state index contributed by atoms with van der Waals surface area (Å²) in [6, 6.07) is 2.30. The molecular weight excluding hydrogens is 298 g/mol. The Morgan fingerprint density at radius 1 is 1.24 bits per heavy atom. The van der Waals surface area contributed by atoms with E-state index in [-0.39, 0.29) is 31.2 Å². The molecule has 1 aromatic rings. The highest BCUT2D eigenvalue weighted by Crippen LogP contribution is 2.25. The molecule has 0 spiro atoms. The first-order valence-electron chi connectivity index (χ1n) is 7.12. The highest BCUT2D eigenvalue weighted by atomic mass is 32.2. The van der Waals surface area contributed by atoms with Crippen LogP contribution in [0.3, 0.4) is 0 Å². The number of nitrogens with one attached hydrogen (secondary N) is 1. The molecule has 0 atom stereocenters. The van der Waals surface area contributed by atoms with Gasteiger partial charge in [-0.05, 0) is 25.0 Å². The maximum atomic E-state index is 14.4. The molecule has 0 saturated heterocycles. The largest absolute Gasteiger partial charge is 0.310 e. The van der Waals surface area contributed by atoms with Crippen molar-refractivity contribution in [1.29, 1.82) is 0 Å². The summed E-state index contributed by atoms with van der Waals surface area (Å²) in [6.45, 7) is 3.84. The summed E-state index contributed by atoms with van der Waals surface area (Å²) in [6.07, 6.45) is 1.97. The van der Waals surface area contributed by atoms with Crippen molar-refractivity contribution in [2.24, 2.45) is 0 Å². The van der Waals surface area contributed by atoms with Gasteiger partial charge in [-0.3, -0.25) is 0 Å². The molecule has 4 nitrogen and oxygen atoms in total. The smallest absolute Gasteiger partial charge is 0.245 e. The zero-order valence-corrected chi connectivity index (χ0v) is 13.0. The SMILES string of the molecule is CCN(CC)S(=O)(=O)c1ccc(F)c(CNC2CC2)c1F. The lowest BCUT2D eigenvalue weighted by Gasteiger charge is -2.19. The van der Waals surface area contributed by atoms with Crippen molar-refractivity contribution in [3.05, 3.63) is 29.3 Å². The normalized spacial score (nSPS) is 15.7. The Morgan fingerprint density at radius 2 is 1.86 bits per heavy atom. The van der Waals surface area contributed by atoms with E-state index in [1.54, 1.807) is 13.8 Å². The van der Waals surface area contributed by atoms with Crippen molar-refractivity contribution in [2.75, 3.05) is 13.1 Å². The van der Waals surface area contributed by atoms with Crippen LogP contribution in [0.2, 0.25) is 0 Å². The number of sulfonamides is 1. The molecule has 1 aliphatic carbocycles. The van der Waals surface area contributed by atoms with E-state index in [1.807, 2.05) is 0 Å². The molecule has 1 N–H and O–H groups in total. The number of rotatable bonds is 7. The second kappa shape index (κ2) is 6.37. The second-order valence-corrected chi connectivity index (χ2v) is 6.99. The highest BCUT2D eigenvalue weighted by Gasteiger charge is 2.29. The van der Waals surface area contributed by atoms with Gasteiger partial charge in [-0.15, -0.1) is 0 Å². The molecule has 1 aromatic carbocycles. The summed E-state index contributed by atoms with van der Waals surface area (Å²) in [7, 11) is -3.93. The van der Waals surface area contributed by atoms with Crippen molar-refractivity contribution in [1.82, 2.24) is 9.62 Å². The number of benzene rings is 1. The fourth-order valence-corrected chi connectivity index (χ4v) is 3.72. The predicted molar refractivity (Wildman–Crippen MR) is 76.3 cm³/mol. The number of halogens is 2. The molecular formula is C14H20F2N2O2S. The lowest BCUT2D eigenvalue weighted by Crippen LogP contribution is -2.31. The van der Waals surface area contributed by atoms with Gasteiger partial charge in [0.05, 0.1) is 0 Å². The van der Waals surface area contributed by atoms with Gasteiger partial charge in [0.2, 0.25) is 10.0 Å². The maximum Gasteiger partial charge on any atom is 0.245 e. The zero-order valence-electron chi connectivity index (χ0n) is 12.2. The van der Waals surface area contributed by atoms with Crippen LogP contribution in [-0.2, 0) is 16.6 Å². The molecule has 1 fully saturated rings. The molecule has 118 valence electrons. The Bertz CT molecular complexity index is 612. The molecule has 0 aromatic heterocycles. The number of nitrogens with zero attached hydrogens (tertiary/aromatic N) is 1. The number of hydrogen-bond acceptors (Lipinski definition) is 3. The molecule has 7 heteroatoms. The summed E-state index contributed by atoms with van der Waals surface area (Å²) in [5.41, 5.74) is -0.213. The topological polar surface area (TPSA) is 49.4 Å². The molecule has 21 heavy (non-hydrogen) atoms. The summed E-state index contributed by atoms with van der Waals surface area (Å²) in [5.74, 6) is -1.71. The van der Waals surface area contributed by atoms with E-state index in [0.29, 0.717) is 0 Å². The standard InChI is InChI=1S/C14H20F2N2O2S/c1-3-18(4-2)21(19,20)13-8-7-12(15)11(14(13)16)9-17-10-5-6-10/h7-8,10,17H,3-6,9H2,1-2H3. The molecule has 0 unspecified atom stereocenters. The van der Waals surface area contributed by atoms with Crippen LogP contribution in [0.1, 0.15) is 32.3 Å². The van der Waals surface area contributed by atoms with Crippen LogP contribution in [0.15, 0.2) is 17.0 Å². The monoisotopic (exact) mass is 318 g/mol. The van der Waals surface area contributed by atoms with Gasteiger partial charge in [-0.2, -0.15) is 4.31 Å². The molecule has 0 aliphatic heterocycles. The first-order valence-corrected chi connectivity index (χ1v) is 8.56. The Hall–Kier alpha value is -1.05. The Kier molecular flexibility index (Phi) is 4.95. The fraction of sp³-hybridized carbons (Fsp3) is 0.571. The summed E-state index contributed by atoms with van der Waals surface area (Å²) in [4.78, 5) is -0.458. The van der Waals surface area contributed by atoms with Gasteiger partial charge in [0.15, 0.2) is 5.82 Å². The molecule has 1 aliphatic rings. The maximum absolute atomic E-state index is 14.4. The van der Waals surface area contributed by atoms with Crippen molar-refractivity contribution < 1.29 is 17.2 Å². The third-order valence-electron chi connectivity index (χ3n) is 3.62. The molecule has 1 saturated carbocycles. The van der Waals surface area contributed by atoms with E-state index in [0.717, 1.165) is 29.3 Å². The van der Waals surface area contributed by atoms with Gasteiger partial charge in [0.1, 0.15) is 10.7 Å². The van der Waals surface area contributed by atoms with Crippen LogP contribution < -0.4 is 5.32 Å². The molecule has 2 rings (SSSR count). The van der Waals surface area contributed by atoms with Gasteiger partial charge in [-0.1, -0.05) is 13.8 Å². The molecule has 0 heterocycles. The lowest BCUT2D eigenvalue weighted by molar-refractivity contribution is 0.437. The van der Waals surface area contributed by atoms with Gasteiger partial charge in [0, 0.05) is 31.2 Å². The van der Waals surface area contributed by atoms with Crippen LogP contribution in [0.25, 0.3) is 0 Å². The van der Waals surface area contributed by atoms with Gasteiger partial charge >= 0.3 is 0 Å². The molecule has 0 amide bonds. The van der Waals surface area contributed by atoms with Crippen molar-refractivity contribution in [3.63, 3.8) is 0 Å². The summed E-state index contributed by atoms with van der Waals surface area (Å²) >= 11 is 0. The van der Waals surface area contributed by atoms with Crippen LogP contribution in [0, 0.1) is 11.6 Å². The minimum absolute atomic E-state index is 0.00391. The van der Waals surface area contributed by atoms with Gasteiger partial charge < -0.3 is 5.32 Å². The Balaban J connectivity index is 2.37. The van der Waals surface area contributed by atoms with Crippen LogP contribution >= 0.6 is 0 Å². The minimum atomic E-state index is -3.93. The quantitative estimate of drug-likeness (QED) is 0.839. The van der Waals surface area contributed by atoms with Gasteiger partial charge in [0.25, 0.3) is 0 Å². The van der Waals surface area contributed by atoms with E-state index >= 15 is 0 Å². The van der Waals surface area contributed by atoms with E-state index in [4.69, 9.17) is 0 Å². The van der Waals surface area contributed by atoms with Crippen LogP contribution in [-0.4, -0.2) is 31.9 Å². The highest BCUT2D eigenvalue weighted by molar-refractivity contribution is 7.89. The van der Waals surface area contributed by atoms with Crippen LogP contribution in [0.5, 0.6) is 0 Å². The summed E-state index contributed by atoms with van der Waals surface area (Å²) < 4.78 is 54.1. The van der Waals surface area contributed by atoms with Gasteiger partial charge in [-0.25, -0.2) is 17.2 Å². The third kappa shape index (κ3) is 3.41. The minimum Gasteiger partial charge on any atom is -0.310 e. The van der Waals surface area contributed by atoms with E-state index in [2.05, 4.69) is 5.32 Å². The van der Waals surface area contributed by atoms with E-state index in [1.165, 1.54) is 0 Å². The fourth-order valence-electron chi connectivity index (χ4n) is 2.17. The van der Waals surface area contributed by atoms with Crippen molar-refractivity contribution >= 4 is 10.0 Å². The summed E-state index contributed by atoms with van der Waals surface area (Å²) in [5, 5.41) is 3.00. The van der Waals surface area contributed by atoms with E-state index in [9.17, 15) is 17.2 Å². The second-order valence-electron chi connectivity index (χ2n) is 5.08. The average Bonchev–Trinajstić information content (AvgIpc) is 3.23. The third-order valence-corrected chi connectivity index (χ3v) is 5.69. The van der Waals surface area contributed by atoms with Crippen molar-refractivity contribution in [3.8, 4) is 0 Å². The predicted octanol–water partition coefficient (Wildman–Crippen LogP) is 2.25. The first kappa shape index (κ1) is 16.3.